The Morgan fingerprint density at radius 1 is 1.29 bits per heavy atom. The number of aryl methyl sites for hydroxylation is 1. The first kappa shape index (κ1) is 18.3. The molecule has 132 valence electrons. The standard InChI is InChI=1S/C16H19F3N2O3/c1-21-13-4-3-12(16(17,18)19)9-11(13)10-14(21)15(23)20-5-2-7-24-8-6-22/h3-4,9-10,22H,2,5-8H2,1H3,(H,20,23). The Bertz CT molecular complexity index is 710. The number of amides is 1. The number of aliphatic hydroxyl groups excluding tert-OH is 1. The van der Waals surface area contributed by atoms with Gasteiger partial charge in [0.2, 0.25) is 0 Å². The van der Waals surface area contributed by atoms with Crippen LogP contribution in [0, 0.1) is 0 Å². The summed E-state index contributed by atoms with van der Waals surface area (Å²) in [6.07, 6.45) is -3.84. The van der Waals surface area contributed by atoms with Crippen molar-refractivity contribution in [2.45, 2.75) is 12.6 Å². The van der Waals surface area contributed by atoms with E-state index < -0.39 is 11.7 Å². The summed E-state index contributed by atoms with van der Waals surface area (Å²) in [5.41, 5.74) is 0.105. The summed E-state index contributed by atoms with van der Waals surface area (Å²) in [6.45, 7) is 0.978. The zero-order chi connectivity index (χ0) is 17.7. The van der Waals surface area contributed by atoms with E-state index in [1.807, 2.05) is 0 Å². The number of nitrogens with one attached hydrogen (secondary N) is 1. The SMILES string of the molecule is Cn1c(C(=O)NCCCOCCO)cc2cc(C(F)(F)F)ccc21. The number of hydrogen-bond donors (Lipinski definition) is 2. The zero-order valence-electron chi connectivity index (χ0n) is 13.2. The van der Waals surface area contributed by atoms with Crippen LogP contribution in [0.5, 0.6) is 0 Å². The number of fused-ring (bicyclic) bond motifs is 1. The molecule has 0 fully saturated rings. The maximum atomic E-state index is 12.8. The molecule has 5 nitrogen and oxygen atoms in total. The fraction of sp³-hybridized carbons (Fsp3) is 0.438. The molecule has 1 aromatic carbocycles. The third kappa shape index (κ3) is 4.27. The van der Waals surface area contributed by atoms with Crippen LogP contribution < -0.4 is 5.32 Å². The number of benzene rings is 1. The highest BCUT2D eigenvalue weighted by molar-refractivity contribution is 5.98. The minimum Gasteiger partial charge on any atom is -0.394 e. The van der Waals surface area contributed by atoms with Gasteiger partial charge >= 0.3 is 6.18 Å². The lowest BCUT2D eigenvalue weighted by atomic mass is 10.1. The average molecular weight is 344 g/mol. The van der Waals surface area contributed by atoms with E-state index in [1.165, 1.54) is 12.1 Å². The zero-order valence-corrected chi connectivity index (χ0v) is 13.2. The van der Waals surface area contributed by atoms with Gasteiger partial charge in [0.05, 0.1) is 18.8 Å². The first-order chi connectivity index (χ1) is 11.3. The molecule has 24 heavy (non-hydrogen) atoms. The number of carbonyl (C=O) groups is 1. The van der Waals surface area contributed by atoms with E-state index >= 15 is 0 Å². The van der Waals surface area contributed by atoms with Crippen LogP contribution in [0.4, 0.5) is 13.2 Å². The highest BCUT2D eigenvalue weighted by Gasteiger charge is 2.30. The summed E-state index contributed by atoms with van der Waals surface area (Å²) in [7, 11) is 1.63. The van der Waals surface area contributed by atoms with Gasteiger partial charge in [-0.05, 0) is 30.7 Å². The monoisotopic (exact) mass is 344 g/mol. The maximum absolute atomic E-state index is 12.8. The van der Waals surface area contributed by atoms with Gasteiger partial charge in [0.15, 0.2) is 0 Å². The van der Waals surface area contributed by atoms with Crippen LogP contribution in [0.1, 0.15) is 22.5 Å². The van der Waals surface area contributed by atoms with Gasteiger partial charge in [-0.1, -0.05) is 0 Å². The summed E-state index contributed by atoms with van der Waals surface area (Å²) >= 11 is 0. The molecule has 0 aliphatic carbocycles. The fourth-order valence-electron chi connectivity index (χ4n) is 2.38. The second-order valence-corrected chi connectivity index (χ2v) is 5.31. The van der Waals surface area contributed by atoms with Crippen molar-refractivity contribution in [3.05, 3.63) is 35.5 Å². The summed E-state index contributed by atoms with van der Waals surface area (Å²) < 4.78 is 44.9. The highest BCUT2D eigenvalue weighted by Crippen LogP contribution is 2.32. The van der Waals surface area contributed by atoms with E-state index in [0.717, 1.165) is 12.1 Å². The lowest BCUT2D eigenvalue weighted by Crippen LogP contribution is -2.27. The molecule has 2 rings (SSSR count). The molecule has 0 bridgehead atoms. The molecule has 0 saturated carbocycles. The number of nitrogens with zero attached hydrogens (tertiary/aromatic N) is 1. The third-order valence-electron chi connectivity index (χ3n) is 3.59. The first-order valence-corrected chi connectivity index (χ1v) is 7.48. The lowest BCUT2D eigenvalue weighted by Gasteiger charge is -2.07. The number of carbonyl (C=O) groups excluding carboxylic acids is 1. The van der Waals surface area contributed by atoms with Crippen LogP contribution in [0.25, 0.3) is 10.9 Å². The van der Waals surface area contributed by atoms with Gasteiger partial charge in [0, 0.05) is 31.1 Å². The van der Waals surface area contributed by atoms with Crippen LogP contribution in [-0.2, 0) is 18.0 Å². The van der Waals surface area contributed by atoms with Crippen molar-refractivity contribution in [3.8, 4) is 0 Å². The molecule has 2 aromatic rings. The number of aliphatic hydroxyl groups is 1. The number of alkyl halides is 3. The number of hydrogen-bond acceptors (Lipinski definition) is 3. The maximum Gasteiger partial charge on any atom is 0.416 e. The first-order valence-electron chi connectivity index (χ1n) is 7.48. The van der Waals surface area contributed by atoms with Gasteiger partial charge in [0.1, 0.15) is 5.69 Å². The molecule has 0 aliphatic heterocycles. The summed E-state index contributed by atoms with van der Waals surface area (Å²) in [6, 6.07) is 4.84. The Morgan fingerprint density at radius 2 is 2.04 bits per heavy atom. The van der Waals surface area contributed by atoms with Crippen molar-refractivity contribution in [3.63, 3.8) is 0 Å². The Kier molecular flexibility index (Phi) is 5.84. The van der Waals surface area contributed by atoms with Crippen molar-refractivity contribution in [1.82, 2.24) is 9.88 Å². The molecule has 2 N–H and O–H groups in total. The molecular weight excluding hydrogens is 325 g/mol. The van der Waals surface area contributed by atoms with Gasteiger partial charge in [-0.15, -0.1) is 0 Å². The van der Waals surface area contributed by atoms with E-state index in [1.54, 1.807) is 11.6 Å². The molecule has 0 unspecified atom stereocenters. The van der Waals surface area contributed by atoms with Crippen LogP contribution in [0.15, 0.2) is 24.3 Å². The molecule has 0 atom stereocenters. The van der Waals surface area contributed by atoms with E-state index in [9.17, 15) is 18.0 Å². The van der Waals surface area contributed by atoms with Crippen molar-refractivity contribution in [2.24, 2.45) is 7.05 Å². The van der Waals surface area contributed by atoms with Crippen molar-refractivity contribution in [1.29, 1.82) is 0 Å². The van der Waals surface area contributed by atoms with Crippen LogP contribution in [0.2, 0.25) is 0 Å². The molecule has 0 aliphatic rings. The van der Waals surface area contributed by atoms with Crippen LogP contribution in [0.3, 0.4) is 0 Å². The van der Waals surface area contributed by atoms with Crippen LogP contribution in [-0.4, -0.2) is 41.9 Å². The van der Waals surface area contributed by atoms with E-state index in [4.69, 9.17) is 9.84 Å². The second kappa shape index (κ2) is 7.67. The van der Waals surface area contributed by atoms with Gasteiger partial charge < -0.3 is 19.7 Å². The van der Waals surface area contributed by atoms with Gasteiger partial charge in [-0.25, -0.2) is 0 Å². The summed E-state index contributed by atoms with van der Waals surface area (Å²) in [5, 5.41) is 11.6. The Morgan fingerprint density at radius 3 is 2.71 bits per heavy atom. The minimum atomic E-state index is -4.42. The van der Waals surface area contributed by atoms with Crippen molar-refractivity contribution in [2.75, 3.05) is 26.4 Å². The van der Waals surface area contributed by atoms with Gasteiger partial charge in [-0.2, -0.15) is 13.2 Å². The van der Waals surface area contributed by atoms with Crippen molar-refractivity contribution >= 4 is 16.8 Å². The highest BCUT2D eigenvalue weighted by atomic mass is 19.4. The van der Waals surface area contributed by atoms with Gasteiger partial charge in [-0.3, -0.25) is 4.79 Å². The summed E-state index contributed by atoms with van der Waals surface area (Å²) in [5.74, 6) is -0.357. The normalized spacial score (nSPS) is 11.9. The van der Waals surface area contributed by atoms with E-state index in [0.29, 0.717) is 36.2 Å². The van der Waals surface area contributed by atoms with E-state index in [2.05, 4.69) is 5.32 Å². The van der Waals surface area contributed by atoms with Crippen LogP contribution >= 0.6 is 0 Å². The van der Waals surface area contributed by atoms with Crippen molar-refractivity contribution < 1.29 is 27.8 Å². The molecule has 1 heterocycles. The van der Waals surface area contributed by atoms with Gasteiger partial charge in [0.25, 0.3) is 5.91 Å². The summed E-state index contributed by atoms with van der Waals surface area (Å²) in [4.78, 5) is 12.2. The Balaban J connectivity index is 2.06. The molecular formula is C16H19F3N2O3. The molecule has 1 amide bonds. The average Bonchev–Trinajstić information content (AvgIpc) is 2.86. The predicted molar refractivity (Wildman–Crippen MR) is 82.8 cm³/mol. The fourth-order valence-corrected chi connectivity index (χ4v) is 2.38. The van der Waals surface area contributed by atoms with E-state index in [-0.39, 0.29) is 19.1 Å². The molecule has 0 saturated heterocycles. The molecule has 8 heteroatoms. The number of aromatic nitrogens is 1. The number of ether oxygens (including phenoxy) is 1. The largest absolute Gasteiger partial charge is 0.416 e. The molecule has 0 spiro atoms. The third-order valence-corrected chi connectivity index (χ3v) is 3.59. The molecule has 1 aromatic heterocycles. The lowest BCUT2D eigenvalue weighted by molar-refractivity contribution is -0.137. The Labute approximate surface area is 137 Å². The topological polar surface area (TPSA) is 63.5 Å². The smallest absolute Gasteiger partial charge is 0.394 e. The second-order valence-electron chi connectivity index (χ2n) is 5.31. The minimum absolute atomic E-state index is 0.0534. The quantitative estimate of drug-likeness (QED) is 0.758. The molecule has 0 radical (unpaired) electrons. The Hall–Kier alpha value is -2.06. The number of rotatable bonds is 7. The number of halogens is 3. The predicted octanol–water partition coefficient (Wildman–Crippen LogP) is 2.33.